The molecule has 34 heavy (non-hydrogen) atoms. The number of fused-ring (bicyclic) bond motifs is 1. The fourth-order valence-electron chi connectivity index (χ4n) is 3.86. The van der Waals surface area contributed by atoms with Gasteiger partial charge in [0.25, 0.3) is 0 Å². The van der Waals surface area contributed by atoms with Crippen molar-refractivity contribution in [2.45, 2.75) is 13.0 Å². The van der Waals surface area contributed by atoms with Crippen LogP contribution >= 0.6 is 0 Å². The molecule has 2 aromatic carbocycles. The van der Waals surface area contributed by atoms with Crippen LogP contribution in [0, 0.1) is 11.3 Å². The second kappa shape index (κ2) is 9.00. The number of carbonyl (C=O) groups excluding carboxylic acids is 1. The average molecular weight is 448 g/mol. The number of rotatable bonds is 7. The van der Waals surface area contributed by atoms with Gasteiger partial charge in [-0.05, 0) is 47.0 Å². The van der Waals surface area contributed by atoms with Crippen LogP contribution < -0.4 is 4.74 Å². The number of pyridine rings is 1. The molecule has 8 heteroatoms. The highest BCUT2D eigenvalue weighted by Crippen LogP contribution is 2.26. The summed E-state index contributed by atoms with van der Waals surface area (Å²) in [4.78, 5) is 17.2. The first kappa shape index (κ1) is 21.1. The number of nitrogens with zero attached hydrogens (tertiary/aromatic N) is 5. The fraction of sp³-hybridized carbons (Fsp3) is 0.115. The quantitative estimate of drug-likeness (QED) is 0.374. The monoisotopic (exact) mass is 448 g/mol. The predicted molar refractivity (Wildman–Crippen MR) is 126 cm³/mol. The van der Waals surface area contributed by atoms with Gasteiger partial charge in [0.1, 0.15) is 5.69 Å². The van der Waals surface area contributed by atoms with E-state index in [1.165, 1.54) is 0 Å². The minimum Gasteiger partial charge on any atom is -0.481 e. The molecule has 0 radical (unpaired) electrons. The Hall–Kier alpha value is -4.77. The number of nitrogens with one attached hydrogen (secondary N) is 1. The summed E-state index contributed by atoms with van der Waals surface area (Å²) in [5.74, 6) is 0.467. The number of ether oxygens (including phenoxy) is 1. The molecule has 0 saturated carbocycles. The third-order valence-electron chi connectivity index (χ3n) is 5.56. The molecule has 0 unspecified atom stereocenters. The summed E-state index contributed by atoms with van der Waals surface area (Å²) in [5, 5.41) is 21.4. The summed E-state index contributed by atoms with van der Waals surface area (Å²) in [7, 11) is 1.58. The highest BCUT2D eigenvalue weighted by atomic mass is 16.5. The summed E-state index contributed by atoms with van der Waals surface area (Å²) >= 11 is 0. The van der Waals surface area contributed by atoms with Gasteiger partial charge in [0.15, 0.2) is 5.78 Å². The molecule has 0 bridgehead atoms. The number of hydrogen-bond donors (Lipinski definition) is 1. The summed E-state index contributed by atoms with van der Waals surface area (Å²) in [5.41, 5.74) is 5.48. The first-order valence-corrected chi connectivity index (χ1v) is 10.6. The molecule has 8 nitrogen and oxygen atoms in total. The van der Waals surface area contributed by atoms with Crippen LogP contribution in [0.15, 0.2) is 73.2 Å². The number of benzene rings is 2. The van der Waals surface area contributed by atoms with Gasteiger partial charge in [-0.25, -0.2) is 4.98 Å². The van der Waals surface area contributed by atoms with E-state index < -0.39 is 0 Å². The largest absolute Gasteiger partial charge is 0.481 e. The van der Waals surface area contributed by atoms with Crippen molar-refractivity contribution in [1.29, 1.82) is 5.26 Å². The van der Waals surface area contributed by atoms with Gasteiger partial charge in [-0.1, -0.05) is 18.2 Å². The van der Waals surface area contributed by atoms with Crippen molar-refractivity contribution in [2.75, 3.05) is 7.11 Å². The smallest absolute Gasteiger partial charge is 0.212 e. The maximum Gasteiger partial charge on any atom is 0.212 e. The van der Waals surface area contributed by atoms with Gasteiger partial charge in [-0.3, -0.25) is 14.6 Å². The molecular weight excluding hydrogens is 428 g/mol. The zero-order valence-corrected chi connectivity index (χ0v) is 18.4. The van der Waals surface area contributed by atoms with E-state index in [9.17, 15) is 4.79 Å². The molecular formula is C26H20N6O2. The van der Waals surface area contributed by atoms with Crippen molar-refractivity contribution in [2.24, 2.45) is 0 Å². The van der Waals surface area contributed by atoms with Gasteiger partial charge in [-0.2, -0.15) is 15.5 Å². The molecule has 0 fully saturated rings. The first-order valence-electron chi connectivity index (χ1n) is 10.6. The molecule has 0 aliphatic heterocycles. The Morgan fingerprint density at radius 1 is 1.09 bits per heavy atom. The SMILES string of the molecule is COc1ccc(-c2ccc3c(C(=O)Cc4cnn(Cc5cccc(C#N)c5)c4)n[nH]c3c2)cn1. The topological polar surface area (TPSA) is 109 Å². The molecule has 0 aliphatic rings. The number of ketones is 1. The van der Waals surface area contributed by atoms with Crippen molar-refractivity contribution in [1.82, 2.24) is 25.0 Å². The highest BCUT2D eigenvalue weighted by molar-refractivity contribution is 6.07. The number of aromatic nitrogens is 5. The minimum atomic E-state index is -0.0869. The third-order valence-corrected chi connectivity index (χ3v) is 5.56. The number of carbonyl (C=O) groups is 1. The molecule has 0 spiro atoms. The summed E-state index contributed by atoms with van der Waals surface area (Å²) in [6.45, 7) is 0.526. The van der Waals surface area contributed by atoms with Gasteiger partial charge in [0, 0.05) is 35.8 Å². The Morgan fingerprint density at radius 3 is 2.76 bits per heavy atom. The predicted octanol–water partition coefficient (Wildman–Crippen LogP) is 4.18. The Labute approximate surface area is 195 Å². The molecule has 1 N–H and O–H groups in total. The normalized spacial score (nSPS) is 10.8. The molecule has 5 rings (SSSR count). The number of methoxy groups -OCH3 is 1. The van der Waals surface area contributed by atoms with Crippen LogP contribution in [0.2, 0.25) is 0 Å². The molecule has 0 atom stereocenters. The van der Waals surface area contributed by atoms with Crippen LogP contribution in [0.25, 0.3) is 22.0 Å². The van der Waals surface area contributed by atoms with Gasteiger partial charge in [0.05, 0.1) is 37.0 Å². The van der Waals surface area contributed by atoms with E-state index in [2.05, 4.69) is 26.3 Å². The Bertz CT molecular complexity index is 1530. The maximum absolute atomic E-state index is 13.0. The number of nitriles is 1. The van der Waals surface area contributed by atoms with E-state index >= 15 is 0 Å². The Balaban J connectivity index is 1.31. The zero-order valence-electron chi connectivity index (χ0n) is 18.4. The van der Waals surface area contributed by atoms with Crippen LogP contribution in [-0.2, 0) is 13.0 Å². The van der Waals surface area contributed by atoms with Crippen molar-refractivity contribution >= 4 is 16.7 Å². The summed E-state index contributed by atoms with van der Waals surface area (Å²) in [6.07, 6.45) is 5.48. The van der Waals surface area contributed by atoms with E-state index in [1.54, 1.807) is 30.3 Å². The second-order valence-electron chi connectivity index (χ2n) is 7.88. The number of aromatic amines is 1. The van der Waals surface area contributed by atoms with Gasteiger partial charge in [0.2, 0.25) is 5.88 Å². The lowest BCUT2D eigenvalue weighted by Crippen LogP contribution is -2.04. The van der Waals surface area contributed by atoms with E-state index in [-0.39, 0.29) is 12.2 Å². The summed E-state index contributed by atoms with van der Waals surface area (Å²) in [6, 6.07) is 19.1. The maximum atomic E-state index is 13.0. The molecule has 5 aromatic rings. The van der Waals surface area contributed by atoms with Crippen molar-refractivity contribution in [3.8, 4) is 23.1 Å². The van der Waals surface area contributed by atoms with Crippen LogP contribution in [0.4, 0.5) is 0 Å². The summed E-state index contributed by atoms with van der Waals surface area (Å²) < 4.78 is 6.87. The van der Waals surface area contributed by atoms with E-state index in [4.69, 9.17) is 10.00 Å². The number of hydrogen-bond acceptors (Lipinski definition) is 6. The van der Waals surface area contributed by atoms with Crippen molar-refractivity contribution in [3.63, 3.8) is 0 Å². The van der Waals surface area contributed by atoms with E-state index in [0.29, 0.717) is 23.7 Å². The van der Waals surface area contributed by atoms with Gasteiger partial charge < -0.3 is 4.74 Å². The van der Waals surface area contributed by atoms with E-state index in [0.717, 1.165) is 33.2 Å². The molecule has 0 amide bonds. The van der Waals surface area contributed by atoms with Crippen LogP contribution in [0.5, 0.6) is 5.88 Å². The zero-order chi connectivity index (χ0) is 23.5. The number of H-pyrrole nitrogens is 1. The third kappa shape index (κ3) is 4.27. The van der Waals surface area contributed by atoms with Gasteiger partial charge in [-0.15, -0.1) is 0 Å². The Morgan fingerprint density at radius 2 is 1.97 bits per heavy atom. The molecule has 166 valence electrons. The fourth-order valence-corrected chi connectivity index (χ4v) is 3.86. The van der Waals surface area contributed by atoms with Crippen molar-refractivity contribution < 1.29 is 9.53 Å². The lowest BCUT2D eigenvalue weighted by molar-refractivity contribution is 0.0989. The highest BCUT2D eigenvalue weighted by Gasteiger charge is 2.16. The minimum absolute atomic E-state index is 0.0869. The van der Waals surface area contributed by atoms with Gasteiger partial charge >= 0.3 is 0 Å². The van der Waals surface area contributed by atoms with Crippen LogP contribution in [0.1, 0.15) is 27.2 Å². The Kier molecular flexibility index (Phi) is 5.58. The van der Waals surface area contributed by atoms with Crippen LogP contribution in [0.3, 0.4) is 0 Å². The first-order chi connectivity index (χ1) is 16.6. The molecule has 3 aromatic heterocycles. The lowest BCUT2D eigenvalue weighted by Gasteiger charge is -2.03. The number of Topliss-reactive ketones (excluding diaryl/α,β-unsaturated/α-hetero) is 1. The second-order valence-corrected chi connectivity index (χ2v) is 7.88. The molecule has 0 aliphatic carbocycles. The standard InChI is InChI=1S/C26H20N6O2/c1-34-25-8-6-21(14-28-25)20-5-7-22-23(11-20)30-31-26(22)24(33)10-19-13-29-32(16-19)15-18-4-2-3-17(9-18)12-27/h2-9,11,13-14,16H,10,15H2,1H3,(H,30,31). The molecule has 3 heterocycles. The molecule has 0 saturated heterocycles. The average Bonchev–Trinajstić information content (AvgIpc) is 3.50. The van der Waals surface area contributed by atoms with Crippen molar-refractivity contribution in [3.05, 3.63) is 95.6 Å². The van der Waals surface area contributed by atoms with E-state index in [1.807, 2.05) is 54.7 Å². The lowest BCUT2D eigenvalue weighted by atomic mass is 10.0. The van der Waals surface area contributed by atoms with Crippen LogP contribution in [-0.4, -0.2) is 37.9 Å².